The molecule has 2 nitrogen and oxygen atoms in total. The molecule has 1 unspecified atom stereocenters. The van der Waals surface area contributed by atoms with Crippen LogP contribution in [0.25, 0.3) is 0 Å². The van der Waals surface area contributed by atoms with Gasteiger partial charge in [-0.05, 0) is 53.4 Å². The highest BCUT2D eigenvalue weighted by molar-refractivity contribution is 9.11. The van der Waals surface area contributed by atoms with E-state index in [2.05, 4.69) is 22.0 Å². The molecular weight excluding hydrogens is 324 g/mol. The van der Waals surface area contributed by atoms with Gasteiger partial charge in [0.05, 0.1) is 9.70 Å². The number of thiophene rings is 1. The lowest BCUT2D eigenvalue weighted by molar-refractivity contribution is -0.141. The summed E-state index contributed by atoms with van der Waals surface area (Å²) in [6.07, 6.45) is 1.16. The Kier molecular flexibility index (Phi) is 4.77. The van der Waals surface area contributed by atoms with Crippen molar-refractivity contribution >= 4 is 33.2 Å². The maximum atomic E-state index is 11.4. The van der Waals surface area contributed by atoms with E-state index in [9.17, 15) is 9.90 Å². The van der Waals surface area contributed by atoms with Gasteiger partial charge < -0.3 is 5.11 Å². The van der Waals surface area contributed by atoms with Crippen LogP contribution in [0.5, 0.6) is 0 Å². The zero-order valence-electron chi connectivity index (χ0n) is 10.6. The number of hydrogen-bond acceptors (Lipinski definition) is 2. The van der Waals surface area contributed by atoms with Crippen LogP contribution in [0.3, 0.4) is 0 Å². The van der Waals surface area contributed by atoms with Gasteiger partial charge in [0.1, 0.15) is 0 Å². The van der Waals surface area contributed by atoms with Gasteiger partial charge in [-0.25, -0.2) is 0 Å². The number of halogens is 1. The normalized spacial score (nSPS) is 12.3. The molecule has 0 radical (unpaired) electrons. The van der Waals surface area contributed by atoms with Crippen LogP contribution < -0.4 is 0 Å². The third-order valence-corrected chi connectivity index (χ3v) is 4.64. The standard InChI is InChI=1S/C15H15BrO2S/c1-10-3-2-4-11(7-10)8-12(15(17)18)9-13-5-6-14(16)19-13/h2-7,12H,8-9H2,1H3,(H,17,18). The van der Waals surface area contributed by atoms with Gasteiger partial charge in [-0.2, -0.15) is 0 Å². The minimum absolute atomic E-state index is 0.368. The summed E-state index contributed by atoms with van der Waals surface area (Å²) in [6.45, 7) is 2.02. The summed E-state index contributed by atoms with van der Waals surface area (Å²) in [6, 6.07) is 12.0. The minimum Gasteiger partial charge on any atom is -0.481 e. The fourth-order valence-electron chi connectivity index (χ4n) is 2.07. The molecule has 0 saturated heterocycles. The van der Waals surface area contributed by atoms with Gasteiger partial charge in [-0.3, -0.25) is 4.79 Å². The second-order valence-corrected chi connectivity index (χ2v) is 7.19. The Morgan fingerprint density at radius 1 is 1.32 bits per heavy atom. The average Bonchev–Trinajstić information content (AvgIpc) is 2.74. The van der Waals surface area contributed by atoms with E-state index in [1.165, 1.54) is 5.56 Å². The highest BCUT2D eigenvalue weighted by Gasteiger charge is 2.19. The maximum Gasteiger partial charge on any atom is 0.307 e. The monoisotopic (exact) mass is 338 g/mol. The lowest BCUT2D eigenvalue weighted by Crippen LogP contribution is -2.18. The zero-order chi connectivity index (χ0) is 13.8. The molecule has 1 atom stereocenters. The summed E-state index contributed by atoms with van der Waals surface area (Å²) >= 11 is 5.01. The van der Waals surface area contributed by atoms with Gasteiger partial charge in [0.2, 0.25) is 0 Å². The van der Waals surface area contributed by atoms with Crippen molar-refractivity contribution in [2.45, 2.75) is 19.8 Å². The lowest BCUT2D eigenvalue weighted by Gasteiger charge is -2.11. The van der Waals surface area contributed by atoms with Crippen molar-refractivity contribution in [1.82, 2.24) is 0 Å². The van der Waals surface area contributed by atoms with Gasteiger partial charge in [-0.1, -0.05) is 29.8 Å². The average molecular weight is 339 g/mol. The largest absolute Gasteiger partial charge is 0.481 e. The van der Waals surface area contributed by atoms with Crippen LogP contribution in [0.4, 0.5) is 0 Å². The Balaban J connectivity index is 2.10. The minimum atomic E-state index is -0.731. The first kappa shape index (κ1) is 14.3. The Morgan fingerprint density at radius 2 is 2.11 bits per heavy atom. The van der Waals surface area contributed by atoms with Crippen molar-refractivity contribution in [1.29, 1.82) is 0 Å². The highest BCUT2D eigenvalue weighted by Crippen LogP contribution is 2.25. The third-order valence-electron chi connectivity index (χ3n) is 2.99. The summed E-state index contributed by atoms with van der Waals surface area (Å²) in [4.78, 5) is 12.5. The molecule has 0 aliphatic carbocycles. The van der Waals surface area contributed by atoms with Crippen molar-refractivity contribution in [2.75, 3.05) is 0 Å². The molecular formula is C15H15BrO2S. The third kappa shape index (κ3) is 4.18. The molecule has 0 bridgehead atoms. The number of aryl methyl sites for hydroxylation is 1. The first-order chi connectivity index (χ1) is 9.04. The van der Waals surface area contributed by atoms with Crippen LogP contribution in [-0.4, -0.2) is 11.1 Å². The molecule has 2 aromatic rings. The van der Waals surface area contributed by atoms with Crippen LogP contribution in [0, 0.1) is 12.8 Å². The first-order valence-corrected chi connectivity index (χ1v) is 7.68. The number of carboxylic acids is 1. The van der Waals surface area contributed by atoms with Crippen molar-refractivity contribution in [3.63, 3.8) is 0 Å². The predicted octanol–water partition coefficient (Wildman–Crippen LogP) is 4.31. The fourth-order valence-corrected chi connectivity index (χ4v) is 3.64. The van der Waals surface area contributed by atoms with Crippen LogP contribution in [0.2, 0.25) is 0 Å². The van der Waals surface area contributed by atoms with Gasteiger partial charge in [0, 0.05) is 4.88 Å². The summed E-state index contributed by atoms with van der Waals surface area (Å²) < 4.78 is 1.04. The molecule has 1 aromatic carbocycles. The number of hydrogen-bond donors (Lipinski definition) is 1. The second-order valence-electron chi connectivity index (χ2n) is 4.64. The highest BCUT2D eigenvalue weighted by atomic mass is 79.9. The maximum absolute atomic E-state index is 11.4. The number of aliphatic carboxylic acids is 1. The molecule has 0 fully saturated rings. The van der Waals surface area contributed by atoms with E-state index in [-0.39, 0.29) is 5.92 Å². The molecule has 2 rings (SSSR count). The number of carboxylic acid groups (broad SMARTS) is 1. The number of carbonyl (C=O) groups is 1. The SMILES string of the molecule is Cc1cccc(CC(Cc2ccc(Br)s2)C(=O)O)c1. The molecule has 4 heteroatoms. The van der Waals surface area contributed by atoms with Crippen molar-refractivity contribution in [3.05, 3.63) is 56.2 Å². The van der Waals surface area contributed by atoms with Crippen molar-refractivity contribution in [3.8, 4) is 0 Å². The fraction of sp³-hybridized carbons (Fsp3) is 0.267. The molecule has 100 valence electrons. The molecule has 0 amide bonds. The van der Waals surface area contributed by atoms with Crippen molar-refractivity contribution in [2.24, 2.45) is 5.92 Å². The van der Waals surface area contributed by atoms with Gasteiger partial charge in [0.25, 0.3) is 0 Å². The first-order valence-electron chi connectivity index (χ1n) is 6.07. The molecule has 0 spiro atoms. The molecule has 0 aliphatic rings. The summed E-state index contributed by atoms with van der Waals surface area (Å²) in [7, 11) is 0. The molecule has 1 N–H and O–H groups in total. The van der Waals surface area contributed by atoms with Crippen LogP contribution >= 0.6 is 27.3 Å². The van der Waals surface area contributed by atoms with Gasteiger partial charge in [0.15, 0.2) is 0 Å². The van der Waals surface area contributed by atoms with Crippen LogP contribution in [0.1, 0.15) is 16.0 Å². The molecule has 1 heterocycles. The van der Waals surface area contributed by atoms with E-state index in [0.29, 0.717) is 12.8 Å². The molecule has 19 heavy (non-hydrogen) atoms. The topological polar surface area (TPSA) is 37.3 Å². The van der Waals surface area contributed by atoms with Gasteiger partial charge >= 0.3 is 5.97 Å². The van der Waals surface area contributed by atoms with Crippen molar-refractivity contribution < 1.29 is 9.90 Å². The Labute approximate surface area is 125 Å². The zero-order valence-corrected chi connectivity index (χ0v) is 13.0. The quantitative estimate of drug-likeness (QED) is 0.882. The predicted molar refractivity (Wildman–Crippen MR) is 81.7 cm³/mol. The molecule has 1 aromatic heterocycles. The Morgan fingerprint density at radius 3 is 2.68 bits per heavy atom. The van der Waals surface area contributed by atoms with Gasteiger partial charge in [-0.15, -0.1) is 11.3 Å². The number of benzene rings is 1. The number of rotatable bonds is 5. The Hall–Kier alpha value is -1.13. The summed E-state index contributed by atoms with van der Waals surface area (Å²) in [5.74, 6) is -1.10. The molecule has 0 aliphatic heterocycles. The van der Waals surface area contributed by atoms with E-state index in [1.807, 2.05) is 37.3 Å². The lowest BCUT2D eigenvalue weighted by atomic mass is 9.95. The second kappa shape index (κ2) is 6.35. The smallest absolute Gasteiger partial charge is 0.307 e. The van der Waals surface area contributed by atoms with Crippen LogP contribution in [0.15, 0.2) is 40.2 Å². The Bertz CT molecular complexity index is 577. The van der Waals surface area contributed by atoms with Crippen LogP contribution in [-0.2, 0) is 17.6 Å². The summed E-state index contributed by atoms with van der Waals surface area (Å²) in [5.41, 5.74) is 2.25. The van der Waals surface area contributed by atoms with E-state index in [0.717, 1.165) is 14.2 Å². The molecule has 0 saturated carbocycles. The van der Waals surface area contributed by atoms with E-state index < -0.39 is 5.97 Å². The van der Waals surface area contributed by atoms with E-state index in [4.69, 9.17) is 0 Å². The van der Waals surface area contributed by atoms with E-state index in [1.54, 1.807) is 11.3 Å². The van der Waals surface area contributed by atoms with E-state index >= 15 is 0 Å². The summed E-state index contributed by atoms with van der Waals surface area (Å²) in [5, 5.41) is 9.36.